The Kier molecular flexibility index (Phi) is 6.22. The van der Waals surface area contributed by atoms with Crippen LogP contribution in [0.15, 0.2) is 71.9 Å². The first kappa shape index (κ1) is 19.3. The molecular weight excluding hydrogens is 345 g/mol. The molecule has 0 saturated heterocycles. The Balaban J connectivity index is 0.000000298. The smallest absolute Gasteiger partial charge is 0.416 e. The molecule has 136 valence electrons. The fourth-order valence-corrected chi connectivity index (χ4v) is 2.24. The standard InChI is InChI=1S/C15H9F3O.C5H8O2/c16-15(17,18)12-6-7-13-11(8-12)9-19-14(13)10-4-2-1-3-5-10;1-3-5(6)7-4-2/h1-9H;3H,1,4H2,2H3. The van der Waals surface area contributed by atoms with Crippen molar-refractivity contribution in [2.24, 2.45) is 0 Å². The molecule has 0 aliphatic rings. The summed E-state index contributed by atoms with van der Waals surface area (Å²) in [6, 6.07) is 12.9. The van der Waals surface area contributed by atoms with E-state index in [9.17, 15) is 18.0 Å². The van der Waals surface area contributed by atoms with Gasteiger partial charge in [0.1, 0.15) is 5.76 Å². The molecule has 3 nitrogen and oxygen atoms in total. The lowest BCUT2D eigenvalue weighted by molar-refractivity contribution is -0.138. The number of fused-ring (bicyclic) bond motifs is 1. The number of benzene rings is 2. The first-order valence-electron chi connectivity index (χ1n) is 7.80. The van der Waals surface area contributed by atoms with Crippen LogP contribution in [0.25, 0.3) is 22.1 Å². The van der Waals surface area contributed by atoms with Crippen LogP contribution < -0.4 is 0 Å². The number of furan rings is 1. The minimum atomic E-state index is -4.33. The van der Waals surface area contributed by atoms with E-state index in [1.807, 2.05) is 30.3 Å². The molecule has 1 heterocycles. The lowest BCUT2D eigenvalue weighted by Crippen LogP contribution is -2.03. The summed E-state index contributed by atoms with van der Waals surface area (Å²) in [5.41, 5.74) is 0.178. The van der Waals surface area contributed by atoms with Crippen LogP contribution in [0.1, 0.15) is 12.5 Å². The van der Waals surface area contributed by atoms with Crippen LogP contribution >= 0.6 is 0 Å². The average molecular weight is 362 g/mol. The number of carbonyl (C=O) groups is 1. The van der Waals surface area contributed by atoms with Crippen LogP contribution in [0.4, 0.5) is 13.2 Å². The van der Waals surface area contributed by atoms with Gasteiger partial charge in [-0.05, 0) is 25.1 Å². The first-order chi connectivity index (χ1) is 12.4. The molecule has 1 aromatic heterocycles. The van der Waals surface area contributed by atoms with Crippen LogP contribution in [0.5, 0.6) is 0 Å². The predicted molar refractivity (Wildman–Crippen MR) is 93.5 cm³/mol. The van der Waals surface area contributed by atoms with E-state index in [0.717, 1.165) is 23.8 Å². The normalized spacial score (nSPS) is 10.8. The van der Waals surface area contributed by atoms with Gasteiger partial charge in [0.05, 0.1) is 18.4 Å². The van der Waals surface area contributed by atoms with E-state index in [1.54, 1.807) is 6.92 Å². The zero-order valence-electron chi connectivity index (χ0n) is 14.0. The maximum Gasteiger partial charge on any atom is 0.416 e. The van der Waals surface area contributed by atoms with Crippen molar-refractivity contribution in [2.75, 3.05) is 6.61 Å². The maximum absolute atomic E-state index is 12.6. The third kappa shape index (κ3) is 4.75. The summed E-state index contributed by atoms with van der Waals surface area (Å²) >= 11 is 0. The second kappa shape index (κ2) is 8.38. The van der Waals surface area contributed by atoms with Crippen molar-refractivity contribution < 1.29 is 27.1 Å². The molecule has 0 aliphatic carbocycles. The summed E-state index contributed by atoms with van der Waals surface area (Å²) in [5, 5.41) is 1.13. The van der Waals surface area contributed by atoms with Crippen molar-refractivity contribution >= 4 is 16.7 Å². The molecular formula is C20H17F3O3. The van der Waals surface area contributed by atoms with Gasteiger partial charge >= 0.3 is 12.1 Å². The number of rotatable bonds is 3. The molecule has 0 saturated carbocycles. The minimum absolute atomic E-state index is 0.359. The van der Waals surface area contributed by atoms with Crippen LogP contribution in [0.2, 0.25) is 0 Å². The van der Waals surface area contributed by atoms with Gasteiger partial charge in [-0.15, -0.1) is 0 Å². The van der Waals surface area contributed by atoms with Crippen LogP contribution in [-0.4, -0.2) is 12.6 Å². The zero-order chi connectivity index (χ0) is 19.2. The topological polar surface area (TPSA) is 39.4 Å². The van der Waals surface area contributed by atoms with Gasteiger partial charge in [-0.1, -0.05) is 36.9 Å². The SMILES string of the molecule is C=CC(=O)OCC.FC(F)(F)c1ccc2c(-c3ccccc3)occ2c1. The summed E-state index contributed by atoms with van der Waals surface area (Å²) in [6.07, 6.45) is -1.84. The highest BCUT2D eigenvalue weighted by Crippen LogP contribution is 2.35. The summed E-state index contributed by atoms with van der Waals surface area (Å²) in [6.45, 7) is 5.38. The quantitative estimate of drug-likeness (QED) is 0.433. The molecule has 0 atom stereocenters. The Bertz CT molecular complexity index is 880. The molecule has 3 aromatic rings. The largest absolute Gasteiger partial charge is 0.463 e. The molecule has 0 aliphatic heterocycles. The number of halogens is 3. The number of carbonyl (C=O) groups excluding carboxylic acids is 1. The van der Waals surface area contributed by atoms with Crippen LogP contribution in [0, 0.1) is 0 Å². The molecule has 2 aromatic carbocycles. The van der Waals surface area contributed by atoms with Crippen molar-refractivity contribution in [2.45, 2.75) is 13.1 Å². The molecule has 0 fully saturated rings. The van der Waals surface area contributed by atoms with E-state index in [4.69, 9.17) is 4.42 Å². The third-order valence-electron chi connectivity index (χ3n) is 3.42. The van der Waals surface area contributed by atoms with Crippen molar-refractivity contribution in [3.8, 4) is 11.3 Å². The molecule has 0 unspecified atom stereocenters. The van der Waals surface area contributed by atoms with Crippen molar-refractivity contribution in [1.82, 2.24) is 0 Å². The molecule has 3 rings (SSSR count). The highest BCUT2D eigenvalue weighted by Gasteiger charge is 2.30. The van der Waals surface area contributed by atoms with E-state index < -0.39 is 11.7 Å². The Morgan fingerprint density at radius 2 is 1.88 bits per heavy atom. The molecule has 0 N–H and O–H groups in total. The van der Waals surface area contributed by atoms with E-state index in [-0.39, 0.29) is 5.97 Å². The van der Waals surface area contributed by atoms with Gasteiger partial charge in [-0.3, -0.25) is 0 Å². The number of ether oxygens (including phenoxy) is 1. The summed E-state index contributed by atoms with van der Waals surface area (Å²) in [7, 11) is 0. The second-order valence-corrected chi connectivity index (χ2v) is 5.19. The highest BCUT2D eigenvalue weighted by atomic mass is 19.4. The van der Waals surface area contributed by atoms with E-state index >= 15 is 0 Å². The number of hydrogen-bond donors (Lipinski definition) is 0. The van der Waals surface area contributed by atoms with Gasteiger partial charge in [-0.2, -0.15) is 13.2 Å². The van der Waals surface area contributed by atoms with E-state index in [1.165, 1.54) is 12.3 Å². The summed E-state index contributed by atoms with van der Waals surface area (Å²) in [5.74, 6) is 0.229. The lowest BCUT2D eigenvalue weighted by Gasteiger charge is -2.05. The summed E-state index contributed by atoms with van der Waals surface area (Å²) < 4.78 is 47.7. The highest BCUT2D eigenvalue weighted by molar-refractivity contribution is 5.94. The van der Waals surface area contributed by atoms with Gasteiger partial charge < -0.3 is 9.15 Å². The lowest BCUT2D eigenvalue weighted by atomic mass is 10.1. The zero-order valence-corrected chi connectivity index (χ0v) is 14.0. The van der Waals surface area contributed by atoms with Gasteiger partial charge in [0, 0.05) is 22.4 Å². The molecule has 6 heteroatoms. The Labute approximate surface area is 148 Å². The minimum Gasteiger partial charge on any atom is -0.463 e. The second-order valence-electron chi connectivity index (χ2n) is 5.19. The van der Waals surface area contributed by atoms with Crippen molar-refractivity contribution in [1.29, 1.82) is 0 Å². The molecule has 0 amide bonds. The molecule has 0 bridgehead atoms. The Morgan fingerprint density at radius 3 is 2.42 bits per heavy atom. The van der Waals surface area contributed by atoms with Crippen LogP contribution in [0.3, 0.4) is 0 Å². The summed E-state index contributed by atoms with van der Waals surface area (Å²) in [4.78, 5) is 10.1. The first-order valence-corrected chi connectivity index (χ1v) is 7.80. The van der Waals surface area contributed by atoms with Gasteiger partial charge in [0.15, 0.2) is 0 Å². The number of hydrogen-bond acceptors (Lipinski definition) is 3. The van der Waals surface area contributed by atoms with Gasteiger partial charge in [0.2, 0.25) is 0 Å². The molecule has 0 spiro atoms. The van der Waals surface area contributed by atoms with Gasteiger partial charge in [-0.25, -0.2) is 4.79 Å². The molecule has 26 heavy (non-hydrogen) atoms. The Hall–Kier alpha value is -3.02. The van der Waals surface area contributed by atoms with E-state index in [0.29, 0.717) is 23.1 Å². The maximum atomic E-state index is 12.6. The molecule has 0 radical (unpaired) electrons. The van der Waals surface area contributed by atoms with E-state index in [2.05, 4.69) is 11.3 Å². The Morgan fingerprint density at radius 1 is 1.19 bits per heavy atom. The van der Waals surface area contributed by atoms with Crippen molar-refractivity contribution in [3.63, 3.8) is 0 Å². The fraction of sp³-hybridized carbons (Fsp3) is 0.150. The van der Waals surface area contributed by atoms with Crippen LogP contribution in [-0.2, 0) is 15.7 Å². The number of alkyl halides is 3. The van der Waals surface area contributed by atoms with Crippen molar-refractivity contribution in [3.05, 3.63) is 73.0 Å². The monoisotopic (exact) mass is 362 g/mol. The number of esters is 1. The third-order valence-corrected chi connectivity index (χ3v) is 3.42. The fourth-order valence-electron chi connectivity index (χ4n) is 2.24. The average Bonchev–Trinajstić information content (AvgIpc) is 3.05. The van der Waals surface area contributed by atoms with Gasteiger partial charge in [0.25, 0.3) is 0 Å². The predicted octanol–water partition coefficient (Wildman–Crippen LogP) is 5.85.